The van der Waals surface area contributed by atoms with E-state index in [9.17, 15) is 4.79 Å². The number of anilines is 1. The first-order valence-corrected chi connectivity index (χ1v) is 12.7. The maximum absolute atomic E-state index is 12.5. The standard InChI is InChI=1S/C28H32N4O3/c1-34-22-8-9-23-26(14-22)31-25(15-27(23)32-16-19-10-11-30-28(33)24(19)17-32)18-2-6-21(7-3-18)35-13-12-29-20-4-5-20/h2-3,6-9,14-15,19-20,24,29H,4-5,10-13,16-17H2,1H3,(H,30,33). The molecule has 3 fully saturated rings. The van der Waals surface area contributed by atoms with Crippen LogP contribution in [0.2, 0.25) is 0 Å². The summed E-state index contributed by atoms with van der Waals surface area (Å²) < 4.78 is 11.4. The SMILES string of the molecule is COc1ccc2c(N3CC4CCNC(=O)C4C3)cc(-c3ccc(OCCNC4CC4)cc3)nc2c1. The quantitative estimate of drug-likeness (QED) is 0.488. The van der Waals surface area contributed by atoms with E-state index in [0.717, 1.165) is 71.9 Å². The van der Waals surface area contributed by atoms with Gasteiger partial charge in [0.1, 0.15) is 18.1 Å². The van der Waals surface area contributed by atoms with E-state index < -0.39 is 0 Å². The van der Waals surface area contributed by atoms with E-state index in [1.165, 1.54) is 12.8 Å². The van der Waals surface area contributed by atoms with Gasteiger partial charge < -0.3 is 25.0 Å². The molecule has 1 saturated carbocycles. The van der Waals surface area contributed by atoms with Crippen molar-refractivity contribution in [2.45, 2.75) is 25.3 Å². The topological polar surface area (TPSA) is 75.7 Å². The van der Waals surface area contributed by atoms with Crippen molar-refractivity contribution < 1.29 is 14.3 Å². The van der Waals surface area contributed by atoms with E-state index in [2.05, 4.69) is 39.8 Å². The Labute approximate surface area is 205 Å². The number of carbonyl (C=O) groups excluding carboxylic acids is 1. The van der Waals surface area contributed by atoms with Gasteiger partial charge in [0.15, 0.2) is 0 Å². The van der Waals surface area contributed by atoms with Crippen LogP contribution in [-0.4, -0.2) is 56.8 Å². The van der Waals surface area contributed by atoms with Crippen LogP contribution in [0.5, 0.6) is 11.5 Å². The zero-order chi connectivity index (χ0) is 23.8. The summed E-state index contributed by atoms with van der Waals surface area (Å²) in [5, 5.41) is 7.59. The van der Waals surface area contributed by atoms with Crippen molar-refractivity contribution in [2.75, 3.05) is 44.8 Å². The smallest absolute Gasteiger partial charge is 0.225 e. The van der Waals surface area contributed by atoms with Crippen LogP contribution in [0.4, 0.5) is 5.69 Å². The van der Waals surface area contributed by atoms with Gasteiger partial charge in [0.25, 0.3) is 0 Å². The third kappa shape index (κ3) is 4.65. The van der Waals surface area contributed by atoms with E-state index in [1.54, 1.807) is 7.11 Å². The number of nitrogens with zero attached hydrogens (tertiary/aromatic N) is 2. The second kappa shape index (κ2) is 9.38. The highest BCUT2D eigenvalue weighted by Crippen LogP contribution is 2.38. The summed E-state index contributed by atoms with van der Waals surface area (Å²) in [5.74, 6) is 2.29. The fraction of sp³-hybridized carbons (Fsp3) is 0.429. The fourth-order valence-corrected chi connectivity index (χ4v) is 5.34. The Morgan fingerprint density at radius 2 is 1.89 bits per heavy atom. The number of ether oxygens (including phenoxy) is 2. The van der Waals surface area contributed by atoms with Crippen molar-refractivity contribution in [1.29, 1.82) is 0 Å². The molecule has 7 nitrogen and oxygen atoms in total. The van der Waals surface area contributed by atoms with Gasteiger partial charge >= 0.3 is 0 Å². The van der Waals surface area contributed by atoms with Gasteiger partial charge in [-0.15, -0.1) is 0 Å². The van der Waals surface area contributed by atoms with Crippen molar-refractivity contribution in [3.05, 3.63) is 48.5 Å². The lowest BCUT2D eigenvalue weighted by molar-refractivity contribution is -0.127. The van der Waals surface area contributed by atoms with Crippen molar-refractivity contribution in [3.8, 4) is 22.8 Å². The molecular weight excluding hydrogens is 440 g/mol. The van der Waals surface area contributed by atoms with Gasteiger partial charge in [-0.05, 0) is 67.6 Å². The number of piperidine rings is 1. The minimum absolute atomic E-state index is 0.0551. The van der Waals surface area contributed by atoms with Crippen LogP contribution in [0, 0.1) is 11.8 Å². The Balaban J connectivity index is 1.28. The predicted molar refractivity (Wildman–Crippen MR) is 137 cm³/mol. The van der Waals surface area contributed by atoms with E-state index in [1.807, 2.05) is 24.3 Å². The number of methoxy groups -OCH3 is 1. The molecule has 6 rings (SSSR count). The lowest BCUT2D eigenvalue weighted by atomic mass is 9.89. The van der Waals surface area contributed by atoms with Gasteiger partial charge in [-0.3, -0.25) is 4.79 Å². The van der Waals surface area contributed by atoms with Crippen LogP contribution in [-0.2, 0) is 4.79 Å². The molecule has 2 aromatic carbocycles. The average Bonchev–Trinajstić information content (AvgIpc) is 3.61. The molecule has 7 heteroatoms. The van der Waals surface area contributed by atoms with Crippen LogP contribution in [0.1, 0.15) is 19.3 Å². The monoisotopic (exact) mass is 472 g/mol. The number of hydrogen-bond acceptors (Lipinski definition) is 6. The number of benzene rings is 2. The van der Waals surface area contributed by atoms with Gasteiger partial charge in [-0.2, -0.15) is 0 Å². The maximum atomic E-state index is 12.5. The van der Waals surface area contributed by atoms with Crippen molar-refractivity contribution in [2.24, 2.45) is 11.8 Å². The number of aromatic nitrogens is 1. The molecule has 2 aliphatic heterocycles. The largest absolute Gasteiger partial charge is 0.497 e. The second-order valence-corrected chi connectivity index (χ2v) is 9.86. The summed E-state index contributed by atoms with van der Waals surface area (Å²) in [6.45, 7) is 3.95. The zero-order valence-electron chi connectivity index (χ0n) is 20.1. The molecule has 1 aliphatic carbocycles. The van der Waals surface area contributed by atoms with Crippen molar-refractivity contribution >= 4 is 22.5 Å². The first kappa shape index (κ1) is 22.2. The number of fused-ring (bicyclic) bond motifs is 2. The summed E-state index contributed by atoms with van der Waals surface area (Å²) in [6.07, 6.45) is 3.61. The highest BCUT2D eigenvalue weighted by Gasteiger charge is 2.40. The molecule has 2 unspecified atom stereocenters. The molecule has 3 aliphatic rings. The number of amides is 1. The van der Waals surface area contributed by atoms with Crippen LogP contribution in [0.25, 0.3) is 22.2 Å². The molecule has 0 spiro atoms. The molecule has 35 heavy (non-hydrogen) atoms. The highest BCUT2D eigenvalue weighted by atomic mass is 16.5. The summed E-state index contributed by atoms with van der Waals surface area (Å²) in [4.78, 5) is 19.8. The van der Waals surface area contributed by atoms with Gasteiger partial charge in [0.05, 0.1) is 24.2 Å². The Bertz CT molecular complexity index is 1220. The zero-order valence-corrected chi connectivity index (χ0v) is 20.1. The van der Waals surface area contributed by atoms with E-state index in [0.29, 0.717) is 18.6 Å². The first-order chi connectivity index (χ1) is 17.2. The summed E-state index contributed by atoms with van der Waals surface area (Å²) in [5.41, 5.74) is 3.96. The van der Waals surface area contributed by atoms with Crippen molar-refractivity contribution in [3.63, 3.8) is 0 Å². The minimum Gasteiger partial charge on any atom is -0.497 e. The first-order valence-electron chi connectivity index (χ1n) is 12.7. The minimum atomic E-state index is 0.0551. The molecule has 0 radical (unpaired) electrons. The van der Waals surface area contributed by atoms with Crippen LogP contribution >= 0.6 is 0 Å². The van der Waals surface area contributed by atoms with Gasteiger partial charge in [-0.1, -0.05) is 0 Å². The van der Waals surface area contributed by atoms with Crippen molar-refractivity contribution in [1.82, 2.24) is 15.6 Å². The summed E-state index contributed by atoms with van der Waals surface area (Å²) >= 11 is 0. The number of carbonyl (C=O) groups is 1. The van der Waals surface area contributed by atoms with E-state index >= 15 is 0 Å². The van der Waals surface area contributed by atoms with Crippen LogP contribution in [0.3, 0.4) is 0 Å². The average molecular weight is 473 g/mol. The molecule has 3 heterocycles. The Morgan fingerprint density at radius 1 is 1.06 bits per heavy atom. The highest BCUT2D eigenvalue weighted by molar-refractivity contribution is 5.95. The molecule has 182 valence electrons. The molecule has 2 N–H and O–H groups in total. The molecule has 0 bridgehead atoms. The lowest BCUT2D eigenvalue weighted by Gasteiger charge is -2.23. The molecule has 2 atom stereocenters. The van der Waals surface area contributed by atoms with E-state index in [-0.39, 0.29) is 11.8 Å². The summed E-state index contributed by atoms with van der Waals surface area (Å²) in [7, 11) is 1.68. The Hall–Kier alpha value is -3.32. The van der Waals surface area contributed by atoms with Crippen LogP contribution < -0.4 is 25.0 Å². The Morgan fingerprint density at radius 3 is 2.66 bits per heavy atom. The van der Waals surface area contributed by atoms with Crippen LogP contribution in [0.15, 0.2) is 48.5 Å². The van der Waals surface area contributed by atoms with Gasteiger partial charge in [-0.25, -0.2) is 4.98 Å². The third-order valence-corrected chi connectivity index (χ3v) is 7.46. The molecule has 3 aromatic rings. The van der Waals surface area contributed by atoms with E-state index in [4.69, 9.17) is 14.5 Å². The fourth-order valence-electron chi connectivity index (χ4n) is 5.34. The molecular formula is C28H32N4O3. The number of rotatable bonds is 8. The number of nitrogens with one attached hydrogen (secondary N) is 2. The van der Waals surface area contributed by atoms with Gasteiger partial charge in [0, 0.05) is 54.9 Å². The molecule has 2 saturated heterocycles. The number of pyridine rings is 1. The predicted octanol–water partition coefficient (Wildman–Crippen LogP) is 3.61. The molecule has 1 aromatic heterocycles. The molecule has 1 amide bonds. The lowest BCUT2D eigenvalue weighted by Crippen LogP contribution is -2.41. The third-order valence-electron chi connectivity index (χ3n) is 7.46. The number of hydrogen-bond donors (Lipinski definition) is 2. The van der Waals surface area contributed by atoms with Gasteiger partial charge in [0.2, 0.25) is 5.91 Å². The second-order valence-electron chi connectivity index (χ2n) is 9.86. The maximum Gasteiger partial charge on any atom is 0.225 e. The Kier molecular flexibility index (Phi) is 5.94. The summed E-state index contributed by atoms with van der Waals surface area (Å²) in [6, 6.07) is 17.1. The normalized spacial score (nSPS) is 21.6.